The van der Waals surface area contributed by atoms with Crippen LogP contribution in [0, 0.1) is 0 Å². The Morgan fingerprint density at radius 2 is 0.280 bits per heavy atom. The molecule has 0 aliphatic carbocycles. The van der Waals surface area contributed by atoms with E-state index in [4.69, 9.17) is 74.8 Å². The van der Waals surface area contributed by atoms with Gasteiger partial charge in [-0.05, 0) is 100 Å². The van der Waals surface area contributed by atoms with Crippen molar-refractivity contribution in [2.24, 2.45) is 0 Å². The van der Waals surface area contributed by atoms with Gasteiger partial charge in [-0.2, -0.15) is 0 Å². The first-order chi connectivity index (χ1) is 74.3. The summed E-state index contributed by atoms with van der Waals surface area (Å²) in [6.45, 7) is 0. The highest BCUT2D eigenvalue weighted by Crippen LogP contribution is 2.43. The van der Waals surface area contributed by atoms with Crippen LogP contribution in [0.15, 0.2) is 528 Å². The van der Waals surface area contributed by atoms with Crippen LogP contribution in [0.5, 0.6) is 0 Å². The Kier molecular flexibility index (Phi) is 24.8. The van der Waals surface area contributed by atoms with Crippen LogP contribution >= 0.6 is 0 Å². The van der Waals surface area contributed by atoms with Crippen molar-refractivity contribution in [2.45, 2.75) is 0 Å². The number of rotatable bonds is 18. The standard InChI is InChI=1S/C47H31N3.2C44H28N6/c1-5-14-32(15-6-1)39-29-40(33-16-7-2-8-17-33)31-41(30-39)37-22-13-23-38(28-37)44-42-26-24-35-25-27-43(34-18-9-3-10-19-34)48-45(35)46(42)50-47(49-44)36-20-11-4-12-21-36;1-5-14-29(15-6-1)37-27-25-30-24-26-36-38(46-41(31-16-7-2-8-17-31)47-40(36)39(30)45-37)34-22-13-23-35(28-34)44-49-42(32-18-9-3-10-19-32)48-43(50-44)33-20-11-4-12-21-33;1-5-13-29(14-6-1)37-28-26-31-25-27-36-38(46-41(32-15-7-2-8-16-32)47-40(36)39(31)45-37)30-21-23-35(24-22-30)44-49-42(33-17-9-3-10-18-33)48-43(50-44)34-19-11-4-12-20-34/h1-31H;2*1-28H. The largest absolute Gasteiger partial charge is 0.245 e. The summed E-state index contributed by atoms with van der Waals surface area (Å²) in [6, 6.07) is 180. The molecule has 15 heteroatoms. The van der Waals surface area contributed by atoms with E-state index in [9.17, 15) is 0 Å². The van der Waals surface area contributed by atoms with E-state index < -0.39 is 0 Å². The Balaban J connectivity index is 0.000000116. The molecule has 0 saturated carbocycles. The molecule has 0 fully saturated rings. The van der Waals surface area contributed by atoms with E-state index in [1.54, 1.807) is 0 Å². The minimum Gasteiger partial charge on any atom is -0.245 e. The van der Waals surface area contributed by atoms with Crippen LogP contribution in [0.25, 0.3) is 269 Å². The molecule has 702 valence electrons. The molecule has 0 aliphatic heterocycles. The van der Waals surface area contributed by atoms with E-state index >= 15 is 0 Å². The maximum Gasteiger partial charge on any atom is 0.164 e. The Labute approximate surface area is 865 Å². The fourth-order valence-electron chi connectivity index (χ4n) is 19.1. The molecule has 0 radical (unpaired) electrons. The van der Waals surface area contributed by atoms with Gasteiger partial charge < -0.3 is 0 Å². The predicted octanol–water partition coefficient (Wildman–Crippen LogP) is 32.9. The zero-order chi connectivity index (χ0) is 99.8. The third-order valence-electron chi connectivity index (χ3n) is 26.7. The van der Waals surface area contributed by atoms with Gasteiger partial charge in [0.2, 0.25) is 0 Å². The lowest BCUT2D eigenvalue weighted by Crippen LogP contribution is -2.00. The quantitative estimate of drug-likeness (QED) is 0.0736. The van der Waals surface area contributed by atoms with Crippen LogP contribution in [0.2, 0.25) is 0 Å². The van der Waals surface area contributed by atoms with Gasteiger partial charge in [-0.15, -0.1) is 0 Å². The third kappa shape index (κ3) is 19.0. The Bertz CT molecular complexity index is 9080. The van der Waals surface area contributed by atoms with Crippen LogP contribution in [-0.4, -0.2) is 74.8 Å². The molecular formula is C135H87N15. The second kappa shape index (κ2) is 41.1. The molecule has 27 rings (SSSR count). The van der Waals surface area contributed by atoms with Gasteiger partial charge >= 0.3 is 0 Å². The molecule has 0 aliphatic rings. The molecule has 150 heavy (non-hydrogen) atoms. The van der Waals surface area contributed by atoms with Crippen LogP contribution in [-0.2, 0) is 0 Å². The molecule has 8 aromatic heterocycles. The van der Waals surface area contributed by atoms with Crippen molar-refractivity contribution < 1.29 is 0 Å². The first-order valence-corrected chi connectivity index (χ1v) is 49.8. The molecule has 0 atom stereocenters. The van der Waals surface area contributed by atoms with Crippen LogP contribution in [0.1, 0.15) is 0 Å². The first-order valence-electron chi connectivity index (χ1n) is 49.8. The van der Waals surface area contributed by atoms with Crippen molar-refractivity contribution in [1.29, 1.82) is 0 Å². The molecule has 0 unspecified atom stereocenters. The number of aromatic nitrogens is 15. The van der Waals surface area contributed by atoms with E-state index in [1.807, 2.05) is 267 Å². The normalized spacial score (nSPS) is 11.2. The van der Waals surface area contributed by atoms with Gasteiger partial charge in [-0.3, -0.25) is 0 Å². The third-order valence-corrected chi connectivity index (χ3v) is 26.7. The highest BCUT2D eigenvalue weighted by molar-refractivity contribution is 6.12. The summed E-state index contributed by atoms with van der Waals surface area (Å²) in [7, 11) is 0. The fourth-order valence-corrected chi connectivity index (χ4v) is 19.1. The number of hydrogen-bond donors (Lipinski definition) is 0. The summed E-state index contributed by atoms with van der Waals surface area (Å²) in [6.07, 6.45) is 0. The average molecular weight is 1920 g/mol. The molecular weight excluding hydrogens is 1830 g/mol. The lowest BCUT2D eigenvalue weighted by Gasteiger charge is -2.14. The molecule has 0 N–H and O–H groups in total. The lowest BCUT2D eigenvalue weighted by molar-refractivity contribution is 1.07. The second-order valence-electron chi connectivity index (χ2n) is 36.4. The highest BCUT2D eigenvalue weighted by atomic mass is 15.0. The lowest BCUT2D eigenvalue weighted by atomic mass is 9.92. The number of hydrogen-bond acceptors (Lipinski definition) is 15. The zero-order valence-corrected chi connectivity index (χ0v) is 80.9. The Morgan fingerprint density at radius 1 is 0.0933 bits per heavy atom. The summed E-state index contributed by atoms with van der Waals surface area (Å²) < 4.78 is 0. The Morgan fingerprint density at radius 3 is 0.560 bits per heavy atom. The molecule has 15 nitrogen and oxygen atoms in total. The van der Waals surface area contributed by atoms with E-state index in [2.05, 4.69) is 261 Å². The van der Waals surface area contributed by atoms with Gasteiger partial charge in [0, 0.05) is 116 Å². The summed E-state index contributed by atoms with van der Waals surface area (Å²) >= 11 is 0. The SMILES string of the molecule is c1ccc(-c2cc(-c3ccccc3)cc(-c3cccc(-c4nc(-c5ccccc5)nc5c4ccc4ccc(-c6ccccc6)nc45)c3)c2)cc1.c1ccc(-c2ccc3ccc4c(-c5ccc(-c6nc(-c7ccccc7)nc(-c7ccccc7)n6)cc5)nc(-c5ccccc5)nc4c3n2)cc1.c1ccc(-c2ccc3ccc4c(-c5cccc(-c6nc(-c7ccccc7)nc(-c7ccccc7)n6)c5)nc(-c5ccccc5)nc4c3n2)cc1. The minimum absolute atomic E-state index is 0.584. The molecule has 27 aromatic rings. The predicted molar refractivity (Wildman–Crippen MR) is 609 cm³/mol. The number of pyridine rings is 3. The van der Waals surface area contributed by atoms with E-state index in [0.29, 0.717) is 52.4 Å². The summed E-state index contributed by atoms with van der Waals surface area (Å²) in [5, 5.41) is 5.89. The average Bonchev–Trinajstić information content (AvgIpc) is 0.753. The smallest absolute Gasteiger partial charge is 0.164 e. The topological polar surface area (TPSA) is 193 Å². The van der Waals surface area contributed by atoms with Crippen molar-refractivity contribution in [1.82, 2.24) is 74.8 Å². The molecule has 0 spiro atoms. The number of nitrogens with zero attached hydrogens (tertiary/aromatic N) is 15. The van der Waals surface area contributed by atoms with Crippen molar-refractivity contribution in [3.8, 4) is 203 Å². The van der Waals surface area contributed by atoms with Gasteiger partial charge in [-0.1, -0.05) is 461 Å². The van der Waals surface area contributed by atoms with E-state index in [0.717, 1.165) is 194 Å². The van der Waals surface area contributed by atoms with Crippen LogP contribution < -0.4 is 0 Å². The monoisotopic (exact) mass is 1920 g/mol. The van der Waals surface area contributed by atoms with Crippen molar-refractivity contribution >= 4 is 65.4 Å². The molecule has 0 saturated heterocycles. The van der Waals surface area contributed by atoms with Crippen molar-refractivity contribution in [3.05, 3.63) is 528 Å². The molecule has 19 aromatic carbocycles. The van der Waals surface area contributed by atoms with Crippen LogP contribution in [0.3, 0.4) is 0 Å². The van der Waals surface area contributed by atoms with Crippen molar-refractivity contribution in [3.63, 3.8) is 0 Å². The minimum atomic E-state index is 0.584. The summed E-state index contributed by atoms with van der Waals surface area (Å²) in [4.78, 5) is 76.1. The summed E-state index contributed by atoms with van der Waals surface area (Å²) in [5.74, 6) is 5.63. The van der Waals surface area contributed by atoms with Gasteiger partial charge in [0.1, 0.15) is 16.6 Å². The van der Waals surface area contributed by atoms with Gasteiger partial charge in [-0.25, -0.2) is 74.8 Å². The summed E-state index contributed by atoms with van der Waals surface area (Å²) in [5.41, 5.74) is 31.6. The highest BCUT2D eigenvalue weighted by Gasteiger charge is 2.24. The first kappa shape index (κ1) is 90.7. The van der Waals surface area contributed by atoms with E-state index in [1.165, 1.54) is 22.3 Å². The Hall–Kier alpha value is -20.6. The zero-order valence-electron chi connectivity index (χ0n) is 80.9. The van der Waals surface area contributed by atoms with Gasteiger partial charge in [0.15, 0.2) is 52.4 Å². The molecule has 0 amide bonds. The number of benzene rings is 19. The van der Waals surface area contributed by atoms with Gasteiger partial charge in [0.25, 0.3) is 0 Å². The maximum absolute atomic E-state index is 5.25. The van der Waals surface area contributed by atoms with E-state index in [-0.39, 0.29) is 0 Å². The maximum atomic E-state index is 5.25. The van der Waals surface area contributed by atoms with Gasteiger partial charge in [0.05, 0.1) is 50.7 Å². The molecule has 0 bridgehead atoms. The van der Waals surface area contributed by atoms with Crippen LogP contribution in [0.4, 0.5) is 0 Å². The van der Waals surface area contributed by atoms with Crippen molar-refractivity contribution in [2.75, 3.05) is 0 Å². The second-order valence-corrected chi connectivity index (χ2v) is 36.4. The molecule has 8 heterocycles. The fraction of sp³-hybridized carbons (Fsp3) is 0. The number of fused-ring (bicyclic) bond motifs is 9.